The van der Waals surface area contributed by atoms with Gasteiger partial charge in [-0.15, -0.1) is 0 Å². The van der Waals surface area contributed by atoms with E-state index in [1.807, 2.05) is 6.92 Å². The standard InChI is InChI=1S/C9H14N2O2.CH2F3NO2S/c1-2-7(3-4-8(12)13)9-10-5-6-11-9;2-1(3,4)8(5,6)7/h5-7H,2-4H2,1H3,(H,10,11)(H,12,13);(H2,5,6,7). The summed E-state index contributed by atoms with van der Waals surface area (Å²) in [5, 5.41) is 12.2. The van der Waals surface area contributed by atoms with Gasteiger partial charge in [-0.25, -0.2) is 18.5 Å². The summed E-state index contributed by atoms with van der Waals surface area (Å²) in [6, 6.07) is 0. The van der Waals surface area contributed by atoms with Crippen LogP contribution in [0.5, 0.6) is 0 Å². The summed E-state index contributed by atoms with van der Waals surface area (Å²) in [5.41, 5.74) is -5.31. The molecule has 0 bridgehead atoms. The van der Waals surface area contributed by atoms with Gasteiger partial charge in [0.15, 0.2) is 0 Å². The first-order chi connectivity index (χ1) is 9.49. The van der Waals surface area contributed by atoms with Crippen molar-refractivity contribution in [3.8, 4) is 0 Å². The van der Waals surface area contributed by atoms with Gasteiger partial charge in [0, 0.05) is 24.7 Å². The number of nitrogens with zero attached hydrogens (tertiary/aromatic N) is 1. The van der Waals surface area contributed by atoms with E-state index in [1.54, 1.807) is 12.4 Å². The maximum absolute atomic E-state index is 10.8. The summed E-state index contributed by atoms with van der Waals surface area (Å²) in [5.74, 6) is 0.389. The molecule has 1 atom stereocenters. The van der Waals surface area contributed by atoms with Crippen LogP contribution in [-0.2, 0) is 14.8 Å². The molecule has 0 radical (unpaired) electrons. The number of alkyl halides is 3. The first-order valence-corrected chi connectivity index (χ1v) is 7.33. The number of nitrogens with two attached hydrogens (primary N) is 1. The summed E-state index contributed by atoms with van der Waals surface area (Å²) < 4.78 is 51.2. The predicted octanol–water partition coefficient (Wildman–Crippen LogP) is 1.56. The van der Waals surface area contributed by atoms with Gasteiger partial charge >= 0.3 is 21.5 Å². The molecule has 1 aromatic rings. The Morgan fingerprint density at radius 3 is 2.33 bits per heavy atom. The Morgan fingerprint density at radius 2 is 2.05 bits per heavy atom. The molecule has 0 spiro atoms. The number of hydrogen-bond acceptors (Lipinski definition) is 4. The Morgan fingerprint density at radius 1 is 1.52 bits per heavy atom. The largest absolute Gasteiger partial charge is 0.511 e. The maximum atomic E-state index is 10.8. The van der Waals surface area contributed by atoms with Crippen LogP contribution < -0.4 is 5.14 Å². The maximum Gasteiger partial charge on any atom is 0.511 e. The molecule has 0 saturated carbocycles. The monoisotopic (exact) mass is 331 g/mol. The number of nitrogens with one attached hydrogen (secondary N) is 1. The summed E-state index contributed by atoms with van der Waals surface area (Å²) in [7, 11) is -5.34. The fourth-order valence-electron chi connectivity index (χ4n) is 1.33. The summed E-state index contributed by atoms with van der Waals surface area (Å²) in [6.07, 6.45) is 5.23. The second-order valence-electron chi connectivity index (χ2n) is 4.00. The molecule has 0 aliphatic heterocycles. The van der Waals surface area contributed by atoms with Gasteiger partial charge in [-0.2, -0.15) is 13.2 Å². The number of halogens is 3. The van der Waals surface area contributed by atoms with Crippen LogP contribution in [0.3, 0.4) is 0 Å². The van der Waals surface area contributed by atoms with E-state index >= 15 is 0 Å². The Bertz CT molecular complexity index is 528. The number of sulfonamides is 1. The van der Waals surface area contributed by atoms with Crippen molar-refractivity contribution >= 4 is 16.0 Å². The van der Waals surface area contributed by atoms with Gasteiger partial charge in [0.05, 0.1) is 0 Å². The molecule has 1 aromatic heterocycles. The fourth-order valence-corrected chi connectivity index (χ4v) is 1.33. The fraction of sp³-hybridized carbons (Fsp3) is 0.600. The molecule has 7 nitrogen and oxygen atoms in total. The molecule has 0 fully saturated rings. The van der Waals surface area contributed by atoms with Crippen molar-refractivity contribution in [3.05, 3.63) is 18.2 Å². The van der Waals surface area contributed by atoms with Crippen molar-refractivity contribution in [1.82, 2.24) is 9.97 Å². The minimum atomic E-state index is -5.34. The first kappa shape index (κ1) is 19.4. The number of H-pyrrole nitrogens is 1. The van der Waals surface area contributed by atoms with Gasteiger partial charge in [-0.05, 0) is 12.8 Å². The lowest BCUT2D eigenvalue weighted by atomic mass is 10.00. The molecule has 11 heteroatoms. The molecule has 0 aromatic carbocycles. The number of aromatic amines is 1. The Hall–Kier alpha value is -1.62. The Kier molecular flexibility index (Phi) is 7.36. The highest BCUT2D eigenvalue weighted by molar-refractivity contribution is 7.90. The van der Waals surface area contributed by atoms with Crippen molar-refractivity contribution < 1.29 is 31.5 Å². The highest BCUT2D eigenvalue weighted by atomic mass is 32.2. The zero-order chi connectivity index (χ0) is 16.7. The van der Waals surface area contributed by atoms with E-state index in [0.717, 1.165) is 12.2 Å². The highest BCUT2D eigenvalue weighted by Gasteiger charge is 2.42. The van der Waals surface area contributed by atoms with Crippen LogP contribution in [-0.4, -0.2) is 35.0 Å². The van der Waals surface area contributed by atoms with Crippen LogP contribution in [0.2, 0.25) is 0 Å². The summed E-state index contributed by atoms with van der Waals surface area (Å²) in [6.45, 7) is 2.04. The minimum Gasteiger partial charge on any atom is -0.481 e. The van der Waals surface area contributed by atoms with E-state index < -0.39 is 21.5 Å². The SMILES string of the molecule is CCC(CCC(=O)O)c1ncc[nH]1.NS(=O)(=O)C(F)(F)F. The molecule has 0 saturated heterocycles. The predicted molar refractivity (Wildman–Crippen MR) is 67.7 cm³/mol. The summed E-state index contributed by atoms with van der Waals surface area (Å²) >= 11 is 0. The average Bonchev–Trinajstić information content (AvgIpc) is 2.81. The number of carbonyl (C=O) groups is 1. The highest BCUT2D eigenvalue weighted by Crippen LogP contribution is 2.21. The van der Waals surface area contributed by atoms with E-state index in [-0.39, 0.29) is 12.3 Å². The van der Waals surface area contributed by atoms with Crippen molar-refractivity contribution in [2.45, 2.75) is 37.6 Å². The van der Waals surface area contributed by atoms with Gasteiger partial charge < -0.3 is 10.1 Å². The van der Waals surface area contributed by atoms with Crippen LogP contribution in [0.25, 0.3) is 0 Å². The molecule has 1 rings (SSSR count). The van der Waals surface area contributed by atoms with Gasteiger partial charge in [0.2, 0.25) is 0 Å². The second-order valence-corrected chi connectivity index (χ2v) is 5.56. The van der Waals surface area contributed by atoms with E-state index in [2.05, 4.69) is 15.1 Å². The third-order valence-electron chi connectivity index (χ3n) is 2.43. The Balaban J connectivity index is 0.000000433. The molecule has 0 aliphatic rings. The van der Waals surface area contributed by atoms with Crippen molar-refractivity contribution in [2.24, 2.45) is 5.14 Å². The molecule has 122 valence electrons. The average molecular weight is 331 g/mol. The first-order valence-electron chi connectivity index (χ1n) is 5.79. The van der Waals surface area contributed by atoms with Crippen LogP contribution in [0.15, 0.2) is 12.4 Å². The molecule has 1 unspecified atom stereocenters. The number of carboxylic acids is 1. The summed E-state index contributed by atoms with van der Waals surface area (Å²) in [4.78, 5) is 17.5. The van der Waals surface area contributed by atoms with E-state index in [4.69, 9.17) is 5.11 Å². The molecule has 21 heavy (non-hydrogen) atoms. The molecule has 4 N–H and O–H groups in total. The van der Waals surface area contributed by atoms with Gasteiger partial charge in [0.25, 0.3) is 0 Å². The van der Waals surface area contributed by atoms with Crippen LogP contribution in [0.4, 0.5) is 13.2 Å². The lowest BCUT2D eigenvalue weighted by Crippen LogP contribution is -2.30. The van der Waals surface area contributed by atoms with Crippen molar-refractivity contribution in [2.75, 3.05) is 0 Å². The number of carboxylic acid groups (broad SMARTS) is 1. The minimum absolute atomic E-state index is 0.208. The third kappa shape index (κ3) is 7.66. The quantitative estimate of drug-likeness (QED) is 0.755. The van der Waals surface area contributed by atoms with Crippen LogP contribution in [0.1, 0.15) is 37.9 Å². The Labute approximate surface area is 119 Å². The number of hydrogen-bond donors (Lipinski definition) is 3. The van der Waals surface area contributed by atoms with Gasteiger partial charge in [-0.3, -0.25) is 4.79 Å². The number of primary sulfonamides is 1. The molecule has 0 aliphatic carbocycles. The second kappa shape index (κ2) is 7.98. The van der Waals surface area contributed by atoms with Gasteiger partial charge in [-0.1, -0.05) is 6.92 Å². The molecule has 1 heterocycles. The number of imidazole rings is 1. The smallest absolute Gasteiger partial charge is 0.481 e. The van der Waals surface area contributed by atoms with E-state index in [9.17, 15) is 26.4 Å². The lowest BCUT2D eigenvalue weighted by molar-refractivity contribution is -0.137. The van der Waals surface area contributed by atoms with Gasteiger partial charge in [0.1, 0.15) is 5.82 Å². The zero-order valence-corrected chi connectivity index (χ0v) is 11.9. The zero-order valence-electron chi connectivity index (χ0n) is 11.1. The van der Waals surface area contributed by atoms with Crippen LogP contribution in [0, 0.1) is 0 Å². The van der Waals surface area contributed by atoms with Crippen molar-refractivity contribution in [1.29, 1.82) is 0 Å². The van der Waals surface area contributed by atoms with E-state index in [1.165, 1.54) is 0 Å². The van der Waals surface area contributed by atoms with Crippen LogP contribution >= 0.6 is 0 Å². The molecule has 0 amide bonds. The number of aromatic nitrogens is 2. The molecular formula is C10H16F3N3O4S. The van der Waals surface area contributed by atoms with E-state index in [0.29, 0.717) is 6.42 Å². The number of aliphatic carboxylic acids is 1. The topological polar surface area (TPSA) is 126 Å². The third-order valence-corrected chi connectivity index (χ3v) is 3.07. The van der Waals surface area contributed by atoms with Crippen molar-refractivity contribution in [3.63, 3.8) is 0 Å². The number of rotatable bonds is 5. The normalized spacial score (nSPS) is 13.2. The molecular weight excluding hydrogens is 315 g/mol. The lowest BCUT2D eigenvalue weighted by Gasteiger charge is -2.09.